The van der Waals surface area contributed by atoms with Crippen molar-refractivity contribution in [3.8, 4) is 0 Å². The summed E-state index contributed by atoms with van der Waals surface area (Å²) >= 11 is 0. The van der Waals surface area contributed by atoms with Crippen LogP contribution in [0.15, 0.2) is 0 Å². The first-order valence-electron chi connectivity index (χ1n) is 6.20. The average molecular weight is 226 g/mol. The van der Waals surface area contributed by atoms with Crippen molar-refractivity contribution in [3.05, 3.63) is 0 Å². The Labute approximate surface area is 97.2 Å². The number of unbranched alkanes of at least 4 members (excludes halogenated alkanes) is 1. The van der Waals surface area contributed by atoms with Gasteiger partial charge in [0, 0.05) is 6.42 Å². The zero-order chi connectivity index (χ0) is 12.0. The zero-order valence-electron chi connectivity index (χ0n) is 10.1. The monoisotopic (exact) mass is 226 g/mol. The lowest BCUT2D eigenvalue weighted by molar-refractivity contribution is -0.128. The van der Waals surface area contributed by atoms with E-state index in [2.05, 4.69) is 6.92 Å². The van der Waals surface area contributed by atoms with Gasteiger partial charge in [-0.05, 0) is 25.8 Å². The normalized spacial score (nSPS) is 21.4. The molecule has 0 spiro atoms. The summed E-state index contributed by atoms with van der Waals surface area (Å²) in [5.74, 6) is -0.0573. The van der Waals surface area contributed by atoms with Crippen LogP contribution in [0.2, 0.25) is 0 Å². The third-order valence-corrected chi connectivity index (χ3v) is 3.12. The molecule has 4 nitrogen and oxygen atoms in total. The molecular weight excluding hydrogens is 204 g/mol. The molecule has 0 heterocycles. The van der Waals surface area contributed by atoms with E-state index in [0.29, 0.717) is 6.42 Å². The summed E-state index contributed by atoms with van der Waals surface area (Å²) in [4.78, 5) is 24.7. The quantitative estimate of drug-likeness (QED) is 0.737. The summed E-state index contributed by atoms with van der Waals surface area (Å²) in [7, 11) is 0. The second-order valence-electron chi connectivity index (χ2n) is 4.52. The number of Topliss-reactive ketones (excluding diaryl/α,β-unsaturated/α-hetero) is 1. The van der Waals surface area contributed by atoms with Crippen molar-refractivity contribution in [2.24, 2.45) is 5.73 Å². The van der Waals surface area contributed by atoms with Gasteiger partial charge in [0.25, 0.3) is 0 Å². The van der Waals surface area contributed by atoms with Gasteiger partial charge in [-0.15, -0.1) is 0 Å². The maximum absolute atomic E-state index is 11.8. The Morgan fingerprint density at radius 1 is 1.50 bits per heavy atom. The summed E-state index contributed by atoms with van der Waals surface area (Å²) < 4.78 is 0. The van der Waals surface area contributed by atoms with Crippen molar-refractivity contribution in [3.63, 3.8) is 0 Å². The van der Waals surface area contributed by atoms with Crippen LogP contribution in [0.4, 0.5) is 0 Å². The maximum Gasteiger partial charge on any atom is 0.231 e. The number of amides is 1. The van der Waals surface area contributed by atoms with Crippen LogP contribution in [0.1, 0.15) is 45.4 Å². The third kappa shape index (κ3) is 3.93. The summed E-state index contributed by atoms with van der Waals surface area (Å²) in [6.07, 6.45) is 5.69. The molecule has 92 valence electrons. The first-order chi connectivity index (χ1) is 7.65. The first kappa shape index (κ1) is 13.2. The van der Waals surface area contributed by atoms with E-state index in [1.807, 2.05) is 4.90 Å². The van der Waals surface area contributed by atoms with Gasteiger partial charge >= 0.3 is 0 Å². The predicted octanol–water partition coefficient (Wildman–Crippen LogP) is 1.09. The summed E-state index contributed by atoms with van der Waals surface area (Å²) in [6, 6.07) is -0.0622. The maximum atomic E-state index is 11.8. The molecule has 1 aliphatic carbocycles. The van der Waals surface area contributed by atoms with Crippen LogP contribution < -0.4 is 5.73 Å². The van der Waals surface area contributed by atoms with Crippen LogP contribution in [-0.2, 0) is 9.59 Å². The Hall–Kier alpha value is -0.900. The van der Waals surface area contributed by atoms with E-state index in [1.54, 1.807) is 0 Å². The molecule has 1 rings (SSSR count). The molecule has 0 radical (unpaired) electrons. The smallest absolute Gasteiger partial charge is 0.231 e. The molecule has 0 saturated heterocycles. The molecule has 0 aliphatic heterocycles. The fourth-order valence-corrected chi connectivity index (χ4v) is 2.26. The van der Waals surface area contributed by atoms with Gasteiger partial charge < -0.3 is 5.73 Å². The van der Waals surface area contributed by atoms with Crippen LogP contribution in [0.25, 0.3) is 0 Å². The topological polar surface area (TPSA) is 63.4 Å². The molecule has 0 aromatic carbocycles. The van der Waals surface area contributed by atoms with Crippen molar-refractivity contribution in [1.82, 2.24) is 4.90 Å². The van der Waals surface area contributed by atoms with Crippen molar-refractivity contribution in [2.75, 3.05) is 13.1 Å². The van der Waals surface area contributed by atoms with Crippen molar-refractivity contribution in [1.29, 1.82) is 0 Å². The van der Waals surface area contributed by atoms with E-state index in [4.69, 9.17) is 5.73 Å². The third-order valence-electron chi connectivity index (χ3n) is 3.12. The summed E-state index contributed by atoms with van der Waals surface area (Å²) in [6.45, 7) is 3.12. The molecule has 1 atom stereocenters. The predicted molar refractivity (Wildman–Crippen MR) is 62.9 cm³/mol. The largest absolute Gasteiger partial charge is 0.369 e. The zero-order valence-corrected chi connectivity index (χ0v) is 10.1. The lowest BCUT2D eigenvalue weighted by Gasteiger charge is -2.32. The fourth-order valence-electron chi connectivity index (χ4n) is 2.26. The van der Waals surface area contributed by atoms with Gasteiger partial charge in [-0.25, -0.2) is 0 Å². The Morgan fingerprint density at radius 2 is 2.25 bits per heavy atom. The van der Waals surface area contributed by atoms with E-state index in [1.165, 1.54) is 0 Å². The molecular formula is C12H22N2O2. The average Bonchev–Trinajstić information content (AvgIpc) is 2.24. The Balaban J connectivity index is 2.57. The number of carbonyl (C=O) groups excluding carboxylic acids is 2. The number of rotatable bonds is 6. The molecule has 0 bridgehead atoms. The number of carbonyl (C=O) groups is 2. The molecule has 1 aliphatic rings. The van der Waals surface area contributed by atoms with Gasteiger partial charge in [-0.3, -0.25) is 14.5 Å². The Kier molecular flexibility index (Phi) is 5.46. The highest BCUT2D eigenvalue weighted by atomic mass is 16.1. The highest BCUT2D eigenvalue weighted by molar-refractivity contribution is 5.85. The van der Waals surface area contributed by atoms with Gasteiger partial charge in [0.15, 0.2) is 0 Å². The molecule has 16 heavy (non-hydrogen) atoms. The summed E-state index contributed by atoms with van der Waals surface area (Å²) in [5, 5.41) is 0. The van der Waals surface area contributed by atoms with Gasteiger partial charge in [0.05, 0.1) is 12.6 Å². The van der Waals surface area contributed by atoms with Crippen molar-refractivity contribution < 1.29 is 9.59 Å². The number of nitrogens with zero attached hydrogens (tertiary/aromatic N) is 1. The Bertz CT molecular complexity index is 253. The highest BCUT2D eigenvalue weighted by Crippen LogP contribution is 2.20. The van der Waals surface area contributed by atoms with Crippen LogP contribution >= 0.6 is 0 Å². The number of nitrogens with two attached hydrogens (primary N) is 1. The van der Waals surface area contributed by atoms with E-state index in [9.17, 15) is 9.59 Å². The number of ketones is 1. The van der Waals surface area contributed by atoms with E-state index >= 15 is 0 Å². The van der Waals surface area contributed by atoms with Crippen LogP contribution in [0, 0.1) is 0 Å². The molecule has 4 heteroatoms. The first-order valence-corrected chi connectivity index (χ1v) is 6.20. The molecule has 0 aromatic heterocycles. The Morgan fingerprint density at radius 3 is 2.81 bits per heavy atom. The van der Waals surface area contributed by atoms with Gasteiger partial charge in [-0.1, -0.05) is 19.8 Å². The van der Waals surface area contributed by atoms with Gasteiger partial charge in [0.1, 0.15) is 5.78 Å². The van der Waals surface area contributed by atoms with Crippen LogP contribution in [-0.4, -0.2) is 35.7 Å². The standard InChI is InChI=1S/C12H22N2O2/c1-2-3-8-14(9-12(13)16)10-6-4-5-7-11(10)15/h10H,2-9H2,1H3,(H2,13,16). The van der Waals surface area contributed by atoms with Gasteiger partial charge in [0.2, 0.25) is 5.91 Å². The molecule has 1 unspecified atom stereocenters. The molecule has 1 fully saturated rings. The minimum Gasteiger partial charge on any atom is -0.369 e. The summed E-state index contributed by atoms with van der Waals surface area (Å²) in [5.41, 5.74) is 5.23. The lowest BCUT2D eigenvalue weighted by Crippen LogP contribution is -2.47. The molecule has 1 amide bonds. The van der Waals surface area contributed by atoms with Crippen LogP contribution in [0.3, 0.4) is 0 Å². The van der Waals surface area contributed by atoms with Gasteiger partial charge in [-0.2, -0.15) is 0 Å². The lowest BCUT2D eigenvalue weighted by atomic mass is 9.92. The van der Waals surface area contributed by atoms with Crippen molar-refractivity contribution in [2.45, 2.75) is 51.5 Å². The van der Waals surface area contributed by atoms with E-state index < -0.39 is 0 Å². The van der Waals surface area contributed by atoms with E-state index in [-0.39, 0.29) is 24.3 Å². The number of primary amides is 1. The molecule has 0 aromatic rings. The van der Waals surface area contributed by atoms with Crippen molar-refractivity contribution >= 4 is 11.7 Å². The molecule has 1 saturated carbocycles. The number of hydrogen-bond donors (Lipinski definition) is 1. The highest BCUT2D eigenvalue weighted by Gasteiger charge is 2.28. The van der Waals surface area contributed by atoms with E-state index in [0.717, 1.165) is 38.6 Å². The SMILES string of the molecule is CCCCN(CC(N)=O)C1CCCCC1=O. The second kappa shape index (κ2) is 6.63. The minimum absolute atomic E-state index is 0.0622. The van der Waals surface area contributed by atoms with Crippen LogP contribution in [0.5, 0.6) is 0 Å². The second-order valence-corrected chi connectivity index (χ2v) is 4.52. The fraction of sp³-hybridized carbons (Fsp3) is 0.833. The number of hydrogen-bond acceptors (Lipinski definition) is 3. The molecule has 2 N–H and O–H groups in total. The minimum atomic E-state index is -0.338.